The van der Waals surface area contributed by atoms with Gasteiger partial charge in [0, 0.05) is 0 Å². The molecule has 0 N–H and O–H groups in total. The molecule has 1 saturated heterocycles. The van der Waals surface area contributed by atoms with Crippen molar-refractivity contribution in [2.24, 2.45) is 0 Å². The quantitative estimate of drug-likeness (QED) is 0.226. The highest BCUT2D eigenvalue weighted by molar-refractivity contribution is 5.89. The van der Waals surface area contributed by atoms with Crippen LogP contribution in [-0.2, 0) is 25.6 Å². The Morgan fingerprint density at radius 3 is 2.50 bits per heavy atom. The van der Waals surface area contributed by atoms with E-state index < -0.39 is 11.9 Å². The van der Waals surface area contributed by atoms with Gasteiger partial charge >= 0.3 is 5.97 Å². The first kappa shape index (κ1) is 25.9. The van der Waals surface area contributed by atoms with Crippen molar-refractivity contribution in [3.63, 3.8) is 0 Å². The average Bonchev–Trinajstić information content (AvgIpc) is 3.15. The first-order valence-electron chi connectivity index (χ1n) is 11.9. The number of rotatable bonds is 12. The van der Waals surface area contributed by atoms with Crippen molar-refractivity contribution in [1.29, 1.82) is 0 Å². The van der Waals surface area contributed by atoms with Crippen LogP contribution in [0.15, 0.2) is 66.7 Å². The fourth-order valence-corrected chi connectivity index (χ4v) is 3.92. The molecule has 1 aliphatic heterocycles. The summed E-state index contributed by atoms with van der Waals surface area (Å²) in [7, 11) is 1.65. The maximum atomic E-state index is 12.8. The Balaban J connectivity index is 1.60. The van der Waals surface area contributed by atoms with Crippen LogP contribution in [0.4, 0.5) is 0 Å². The highest BCUT2D eigenvalue weighted by atomic mass is 16.8. The van der Waals surface area contributed by atoms with Gasteiger partial charge in [-0.15, -0.1) is 0 Å². The zero-order valence-electron chi connectivity index (χ0n) is 20.6. The number of carbonyl (C=O) groups is 1. The van der Waals surface area contributed by atoms with Gasteiger partial charge < -0.3 is 23.7 Å². The molecule has 0 saturated carbocycles. The fraction of sp³-hybridized carbons (Fsp3) is 0.464. The van der Waals surface area contributed by atoms with Gasteiger partial charge in [0.1, 0.15) is 18.0 Å². The van der Waals surface area contributed by atoms with Gasteiger partial charge in [0.15, 0.2) is 5.79 Å². The third kappa shape index (κ3) is 7.69. The molecule has 1 heterocycles. The third-order valence-corrected chi connectivity index (χ3v) is 5.55. The average molecular weight is 469 g/mol. The van der Waals surface area contributed by atoms with E-state index >= 15 is 0 Å². The number of ether oxygens (including phenoxy) is 5. The van der Waals surface area contributed by atoms with Crippen molar-refractivity contribution >= 4 is 5.97 Å². The summed E-state index contributed by atoms with van der Waals surface area (Å²) in [5.41, 5.74) is 1.59. The Morgan fingerprint density at radius 1 is 1.09 bits per heavy atom. The van der Waals surface area contributed by atoms with Crippen molar-refractivity contribution in [3.05, 3.63) is 77.9 Å². The highest BCUT2D eigenvalue weighted by Crippen LogP contribution is 2.34. The molecule has 1 aliphatic rings. The first-order valence-corrected chi connectivity index (χ1v) is 11.9. The largest absolute Gasteiger partial charge is 0.497 e. The van der Waals surface area contributed by atoms with E-state index in [1.54, 1.807) is 19.2 Å². The minimum Gasteiger partial charge on any atom is -0.497 e. The van der Waals surface area contributed by atoms with Gasteiger partial charge in [-0.3, -0.25) is 0 Å². The van der Waals surface area contributed by atoms with Gasteiger partial charge in [0.2, 0.25) is 0 Å². The lowest BCUT2D eigenvalue weighted by Gasteiger charge is -2.24. The lowest BCUT2D eigenvalue weighted by molar-refractivity contribution is -0.153. The smallest absolute Gasteiger partial charge is 0.338 e. The second-order valence-corrected chi connectivity index (χ2v) is 8.78. The summed E-state index contributed by atoms with van der Waals surface area (Å²) >= 11 is 0. The predicted octanol–water partition coefficient (Wildman–Crippen LogP) is 5.70. The number of benzene rings is 2. The predicted molar refractivity (Wildman–Crippen MR) is 131 cm³/mol. The van der Waals surface area contributed by atoms with Crippen LogP contribution in [0.1, 0.15) is 56.0 Å². The number of methoxy groups -OCH3 is 1. The minimum absolute atomic E-state index is 0.149. The van der Waals surface area contributed by atoms with Gasteiger partial charge in [-0.05, 0) is 62.6 Å². The van der Waals surface area contributed by atoms with Gasteiger partial charge in [0.25, 0.3) is 0 Å². The monoisotopic (exact) mass is 468 g/mol. The summed E-state index contributed by atoms with van der Waals surface area (Å²) in [6.07, 6.45) is 5.25. The summed E-state index contributed by atoms with van der Waals surface area (Å²) < 4.78 is 29.1. The maximum Gasteiger partial charge on any atom is 0.338 e. The molecule has 0 aromatic heterocycles. The van der Waals surface area contributed by atoms with Gasteiger partial charge in [-0.1, -0.05) is 49.8 Å². The molecule has 34 heavy (non-hydrogen) atoms. The molecule has 3 rings (SSSR count). The van der Waals surface area contributed by atoms with Crippen LogP contribution in [0.5, 0.6) is 5.75 Å². The first-order chi connectivity index (χ1) is 16.4. The molecule has 3 atom stereocenters. The molecule has 6 nitrogen and oxygen atoms in total. The summed E-state index contributed by atoms with van der Waals surface area (Å²) in [5, 5.41) is 0. The molecule has 0 spiro atoms. The van der Waals surface area contributed by atoms with Crippen LogP contribution in [0.2, 0.25) is 0 Å². The number of carbonyl (C=O) groups excluding carboxylic acids is 1. The molecule has 0 radical (unpaired) electrons. The molecule has 2 unspecified atom stereocenters. The van der Waals surface area contributed by atoms with Crippen LogP contribution in [0.3, 0.4) is 0 Å². The standard InChI is InChI=1S/C28H36O6/c1-5-11-25-26(34-28(2,3)33-25)24(32-27(29)22-12-7-6-8-13-22)14-9-10-19-31-20-21-15-17-23(30-4)18-16-21/h6-9,12-18,24-26H,5,10-11,19-20H2,1-4H3/b14-9-/t24?,25?,26-/m1/s1. The summed E-state index contributed by atoms with van der Waals surface area (Å²) in [5.74, 6) is -0.281. The van der Waals surface area contributed by atoms with Crippen LogP contribution in [-0.4, -0.2) is 43.8 Å². The number of hydrogen-bond donors (Lipinski definition) is 0. The van der Waals surface area contributed by atoms with Gasteiger partial charge in [-0.2, -0.15) is 0 Å². The Hall–Kier alpha value is -2.67. The molecule has 184 valence electrons. The van der Waals surface area contributed by atoms with Crippen LogP contribution in [0.25, 0.3) is 0 Å². The van der Waals surface area contributed by atoms with Crippen molar-refractivity contribution < 1.29 is 28.5 Å². The van der Waals surface area contributed by atoms with Gasteiger partial charge in [0.05, 0.1) is 32.0 Å². The highest BCUT2D eigenvalue weighted by Gasteiger charge is 2.45. The molecule has 0 amide bonds. The maximum absolute atomic E-state index is 12.8. The van der Waals surface area contributed by atoms with Crippen molar-refractivity contribution in [2.75, 3.05) is 13.7 Å². The number of esters is 1. The van der Waals surface area contributed by atoms with Crippen molar-refractivity contribution in [1.82, 2.24) is 0 Å². The van der Waals surface area contributed by atoms with Gasteiger partial charge in [-0.25, -0.2) is 4.79 Å². The lowest BCUT2D eigenvalue weighted by atomic mass is 10.0. The molecule has 2 aromatic rings. The summed E-state index contributed by atoms with van der Waals surface area (Å²) in [6.45, 7) is 6.96. The fourth-order valence-electron chi connectivity index (χ4n) is 3.92. The SMILES string of the molecule is CCCC1OC(C)(C)O[C@@H]1C(/C=C\CCOCc1ccc(OC)cc1)OC(=O)c1ccccc1. The normalized spacial score (nSPS) is 20.4. The van der Waals surface area contributed by atoms with E-state index in [1.165, 1.54) is 0 Å². The van der Waals surface area contributed by atoms with Crippen molar-refractivity contribution in [2.45, 2.75) is 70.7 Å². The second kappa shape index (κ2) is 12.7. The molecule has 6 heteroatoms. The lowest BCUT2D eigenvalue weighted by Crippen LogP contribution is -2.37. The van der Waals surface area contributed by atoms with Crippen molar-refractivity contribution in [3.8, 4) is 5.75 Å². The van der Waals surface area contributed by atoms with E-state index in [0.29, 0.717) is 25.2 Å². The van der Waals surface area contributed by atoms with E-state index in [0.717, 1.165) is 24.2 Å². The molecule has 2 aromatic carbocycles. The third-order valence-electron chi connectivity index (χ3n) is 5.55. The molecule has 1 fully saturated rings. The van der Waals surface area contributed by atoms with E-state index in [2.05, 4.69) is 6.92 Å². The summed E-state index contributed by atoms with van der Waals surface area (Å²) in [6, 6.07) is 16.8. The Kier molecular flexibility index (Phi) is 9.69. The van der Waals surface area contributed by atoms with E-state index in [1.807, 2.05) is 68.5 Å². The molecular formula is C28H36O6. The summed E-state index contributed by atoms with van der Waals surface area (Å²) in [4.78, 5) is 12.8. The molecule has 0 aliphatic carbocycles. The Morgan fingerprint density at radius 2 is 1.82 bits per heavy atom. The Bertz CT molecular complexity index is 906. The van der Waals surface area contributed by atoms with E-state index in [-0.39, 0.29) is 18.2 Å². The topological polar surface area (TPSA) is 63.2 Å². The molecular weight excluding hydrogens is 432 g/mol. The zero-order valence-corrected chi connectivity index (χ0v) is 20.6. The zero-order chi connectivity index (χ0) is 24.4. The number of hydrogen-bond acceptors (Lipinski definition) is 6. The Labute approximate surface area is 202 Å². The second-order valence-electron chi connectivity index (χ2n) is 8.78. The van der Waals surface area contributed by atoms with Crippen LogP contribution < -0.4 is 4.74 Å². The molecule has 0 bridgehead atoms. The van der Waals surface area contributed by atoms with Crippen LogP contribution in [0, 0.1) is 0 Å². The van der Waals surface area contributed by atoms with Crippen LogP contribution >= 0.6 is 0 Å². The van der Waals surface area contributed by atoms with E-state index in [4.69, 9.17) is 23.7 Å². The van der Waals surface area contributed by atoms with E-state index in [9.17, 15) is 4.79 Å². The minimum atomic E-state index is -0.725.